The van der Waals surface area contributed by atoms with Gasteiger partial charge in [-0.25, -0.2) is 0 Å². The molecular formula is C84H64N2. The second-order valence-electron chi connectivity index (χ2n) is 25.5. The maximum atomic E-state index is 2.55. The van der Waals surface area contributed by atoms with Crippen LogP contribution in [0.15, 0.2) is 278 Å². The topological polar surface area (TPSA) is 6.48 Å². The van der Waals surface area contributed by atoms with E-state index in [1.54, 1.807) is 0 Å². The summed E-state index contributed by atoms with van der Waals surface area (Å²) in [6, 6.07) is 86.1. The quantitative estimate of drug-likeness (QED) is 0.140. The molecule has 0 radical (unpaired) electrons. The number of hydrogen-bond donors (Lipinski definition) is 0. The molecular weight excluding hydrogens is 1040 g/mol. The van der Waals surface area contributed by atoms with Crippen LogP contribution in [0, 0.1) is 5.92 Å². The van der Waals surface area contributed by atoms with Crippen molar-refractivity contribution in [2.75, 3.05) is 9.80 Å². The number of nitrogens with zero attached hydrogens (tertiary/aromatic N) is 2. The second kappa shape index (κ2) is 19.3. The molecule has 2 heteroatoms. The van der Waals surface area contributed by atoms with Crippen LogP contribution in [-0.2, 0) is 17.3 Å². The van der Waals surface area contributed by atoms with Gasteiger partial charge >= 0.3 is 0 Å². The molecule has 17 rings (SSSR count). The molecule has 5 aliphatic carbocycles. The van der Waals surface area contributed by atoms with E-state index in [0.717, 1.165) is 42.0 Å². The van der Waals surface area contributed by atoms with Crippen LogP contribution in [0.5, 0.6) is 0 Å². The Labute approximate surface area is 504 Å². The Morgan fingerprint density at radius 3 is 1.50 bits per heavy atom. The summed E-state index contributed by atoms with van der Waals surface area (Å²) in [6.07, 6.45) is 21.6. The Balaban J connectivity index is 0.974. The molecule has 0 aliphatic heterocycles. The van der Waals surface area contributed by atoms with Gasteiger partial charge in [0, 0.05) is 50.9 Å². The minimum atomic E-state index is -0.195. The molecule has 86 heavy (non-hydrogen) atoms. The highest BCUT2D eigenvalue weighted by molar-refractivity contribution is 6.23. The van der Waals surface area contributed by atoms with Crippen LogP contribution >= 0.6 is 0 Å². The van der Waals surface area contributed by atoms with E-state index < -0.39 is 0 Å². The summed E-state index contributed by atoms with van der Waals surface area (Å²) < 4.78 is 0. The number of hydrogen-bond acceptors (Lipinski definition) is 2. The van der Waals surface area contributed by atoms with Crippen molar-refractivity contribution in [3.63, 3.8) is 0 Å². The fraction of sp³-hybridized carbons (Fsp3) is 0.119. The van der Waals surface area contributed by atoms with Crippen LogP contribution in [0.3, 0.4) is 0 Å². The van der Waals surface area contributed by atoms with E-state index in [1.807, 2.05) is 0 Å². The molecule has 1 unspecified atom stereocenters. The van der Waals surface area contributed by atoms with Crippen molar-refractivity contribution in [3.05, 3.63) is 312 Å². The smallest absolute Gasteiger partial charge is 0.0468 e. The molecule has 0 aromatic heterocycles. The lowest BCUT2D eigenvalue weighted by atomic mass is 9.79. The maximum Gasteiger partial charge on any atom is 0.0468 e. The highest BCUT2D eigenvalue weighted by atomic mass is 15.2. The lowest BCUT2D eigenvalue weighted by Crippen LogP contribution is -2.19. The number of allylic oxidation sites excluding steroid dienone is 8. The molecule has 410 valence electrons. The molecule has 0 bridgehead atoms. The lowest BCUT2D eigenvalue weighted by molar-refractivity contribution is 0.660. The minimum absolute atomic E-state index is 0.194. The average Bonchev–Trinajstić information content (AvgIpc) is 1.47. The molecule has 1 atom stereocenters. The summed E-state index contributed by atoms with van der Waals surface area (Å²) in [5, 5.41) is 9.73. The number of anilines is 5. The van der Waals surface area contributed by atoms with Gasteiger partial charge in [-0.3, -0.25) is 0 Å². The normalized spacial score (nSPS) is 16.3. The van der Waals surface area contributed by atoms with E-state index in [0.29, 0.717) is 5.92 Å². The first-order valence-corrected chi connectivity index (χ1v) is 30.8. The predicted octanol–water partition coefficient (Wildman–Crippen LogP) is 22.8. The Kier molecular flexibility index (Phi) is 11.3. The molecule has 12 aromatic rings. The van der Waals surface area contributed by atoms with Gasteiger partial charge in [-0.05, 0) is 225 Å². The molecule has 0 saturated heterocycles. The Morgan fingerprint density at radius 2 is 0.895 bits per heavy atom. The maximum absolute atomic E-state index is 2.55. The molecule has 2 nitrogen and oxygen atoms in total. The van der Waals surface area contributed by atoms with E-state index in [4.69, 9.17) is 0 Å². The summed E-state index contributed by atoms with van der Waals surface area (Å²) in [5.74, 6) is 0.375. The third kappa shape index (κ3) is 7.85. The molecule has 12 aromatic carbocycles. The summed E-state index contributed by atoms with van der Waals surface area (Å²) in [6.45, 7) is 9.64. The van der Waals surface area contributed by atoms with Crippen LogP contribution in [0.25, 0.3) is 93.7 Å². The summed E-state index contributed by atoms with van der Waals surface area (Å²) in [4.78, 5) is 5.03. The molecule has 0 heterocycles. The number of rotatable bonds is 8. The number of benzene rings is 12. The van der Waals surface area contributed by atoms with Crippen molar-refractivity contribution < 1.29 is 0 Å². The third-order valence-corrected chi connectivity index (χ3v) is 19.9. The molecule has 0 spiro atoms. The van der Waals surface area contributed by atoms with Crippen molar-refractivity contribution in [1.29, 1.82) is 0 Å². The highest BCUT2D eigenvalue weighted by Gasteiger charge is 2.38. The lowest BCUT2D eigenvalue weighted by Gasteiger charge is -2.32. The first-order valence-electron chi connectivity index (χ1n) is 30.8. The summed E-state index contributed by atoms with van der Waals surface area (Å²) in [5.41, 5.74) is 26.2. The Morgan fingerprint density at radius 1 is 0.395 bits per heavy atom. The van der Waals surface area contributed by atoms with Crippen LogP contribution in [0.1, 0.15) is 73.9 Å². The third-order valence-electron chi connectivity index (χ3n) is 19.9. The first-order chi connectivity index (χ1) is 42.1. The van der Waals surface area contributed by atoms with Crippen molar-refractivity contribution >= 4 is 77.6 Å². The fourth-order valence-electron chi connectivity index (χ4n) is 15.5. The van der Waals surface area contributed by atoms with Gasteiger partial charge < -0.3 is 9.80 Å². The van der Waals surface area contributed by atoms with E-state index in [9.17, 15) is 0 Å². The molecule has 0 N–H and O–H groups in total. The van der Waals surface area contributed by atoms with E-state index >= 15 is 0 Å². The van der Waals surface area contributed by atoms with Crippen LogP contribution in [0.4, 0.5) is 28.4 Å². The Hall–Kier alpha value is -10.0. The molecule has 5 aliphatic rings. The number of fused-ring (bicyclic) bond motifs is 12. The van der Waals surface area contributed by atoms with E-state index in [-0.39, 0.29) is 10.8 Å². The zero-order chi connectivity index (χ0) is 57.4. The van der Waals surface area contributed by atoms with E-state index in [2.05, 4.69) is 311 Å². The van der Waals surface area contributed by atoms with Crippen molar-refractivity contribution in [2.45, 2.75) is 57.8 Å². The van der Waals surface area contributed by atoms with Crippen molar-refractivity contribution in [3.8, 4) is 44.5 Å². The summed E-state index contributed by atoms with van der Waals surface area (Å²) >= 11 is 0. The van der Waals surface area contributed by atoms with Gasteiger partial charge in [0.05, 0.1) is 0 Å². The molecule has 0 saturated carbocycles. The Bertz CT molecular complexity index is 4970. The molecule has 0 fully saturated rings. The van der Waals surface area contributed by atoms with Gasteiger partial charge in [-0.15, -0.1) is 0 Å². The van der Waals surface area contributed by atoms with Crippen molar-refractivity contribution in [1.82, 2.24) is 0 Å². The van der Waals surface area contributed by atoms with E-state index in [1.165, 1.54) is 138 Å². The van der Waals surface area contributed by atoms with Gasteiger partial charge in [0.15, 0.2) is 0 Å². The monoisotopic (exact) mass is 1100 g/mol. The van der Waals surface area contributed by atoms with Crippen LogP contribution in [0.2, 0.25) is 0 Å². The zero-order valence-corrected chi connectivity index (χ0v) is 49.1. The SMILES string of the molecule is CC1(C)c2ccccc2-c2ccc(-c3c4ccc(N(c5ccc6ccccc6c5)c5ccc6ccccc6c5)cc4c(-c4ccc5c(c4)C(C)(C)c4ccccc4-5)c4ccc(N(C5=CCC6C=CC=CC6=C5)c5ccc6c(c5)CCC=C6)cc34)cc21. The largest absolute Gasteiger partial charge is 0.311 e. The standard InChI is InChI=1S/C84H64N2/c1-83(2)77-27-15-13-25-69(77)71-41-33-61(49-79(71)83)81-73-43-39-68(86(65-37-31-55-19-7-11-23-59(55)47-65)66-38-32-56-20-8-12-24-60(56)48-66)52-76(73)82(62-34-42-72-70-26-14-16-28-78(70)84(3,4)80(72)50-62)74-44-40-67(51-75(74)81)85(63-35-29-53-17-5-9-21-57(53)45-63)64-36-30-54-18-6-10-22-58(54)46-64/h5-11,13-23,25-30,32-52,55H,12,24,31H2,1-4H3. The van der Waals surface area contributed by atoms with Crippen molar-refractivity contribution in [2.24, 2.45) is 5.92 Å². The second-order valence-corrected chi connectivity index (χ2v) is 25.5. The van der Waals surface area contributed by atoms with Crippen LogP contribution < -0.4 is 9.80 Å². The zero-order valence-electron chi connectivity index (χ0n) is 49.1. The number of aryl methyl sites for hydroxylation is 1. The van der Waals surface area contributed by atoms with Gasteiger partial charge in [0.2, 0.25) is 0 Å². The minimum Gasteiger partial charge on any atom is -0.311 e. The average molecular weight is 1100 g/mol. The van der Waals surface area contributed by atoms with Gasteiger partial charge in [0.1, 0.15) is 0 Å². The first kappa shape index (κ1) is 50.5. The highest BCUT2D eigenvalue weighted by Crippen LogP contribution is 2.55. The van der Waals surface area contributed by atoms with Gasteiger partial charge in [-0.2, -0.15) is 0 Å². The summed E-state index contributed by atoms with van der Waals surface area (Å²) in [7, 11) is 0. The van der Waals surface area contributed by atoms with Crippen LogP contribution in [-0.4, -0.2) is 0 Å². The predicted molar refractivity (Wildman–Crippen MR) is 366 cm³/mol. The van der Waals surface area contributed by atoms with Gasteiger partial charge in [-0.1, -0.05) is 222 Å². The fourth-order valence-corrected chi connectivity index (χ4v) is 15.5. The van der Waals surface area contributed by atoms with Gasteiger partial charge in [0.25, 0.3) is 0 Å². The molecule has 0 amide bonds.